The average Bonchev–Trinajstić information content (AvgIpc) is 3.30. The standard InChI is InChI=1S/C29H33N3O5/c1-29(2,28(33)34)37-23-12-7-9-20(17-23)19-30-16-15-26(27-31-24-13-5-6-14-25(24)36-27)35-22-11-8-10-21(18-22)32(3)4/h5-14,17-18,26,30H,15-16,19H2,1-4H3,(H,33,34). The molecule has 0 spiro atoms. The molecule has 0 aliphatic carbocycles. The number of carboxylic acid groups (broad SMARTS) is 1. The fourth-order valence-electron chi connectivity index (χ4n) is 3.78. The Morgan fingerprint density at radius 2 is 1.81 bits per heavy atom. The van der Waals surface area contributed by atoms with Crippen molar-refractivity contribution in [2.24, 2.45) is 0 Å². The lowest BCUT2D eigenvalue weighted by Gasteiger charge is -2.22. The van der Waals surface area contributed by atoms with Crippen molar-refractivity contribution in [3.63, 3.8) is 0 Å². The molecular formula is C29H33N3O5. The Hall–Kier alpha value is -4.04. The van der Waals surface area contributed by atoms with Gasteiger partial charge in [0.1, 0.15) is 17.0 Å². The first-order valence-corrected chi connectivity index (χ1v) is 12.2. The number of hydrogen-bond acceptors (Lipinski definition) is 7. The van der Waals surface area contributed by atoms with E-state index in [4.69, 9.17) is 13.9 Å². The van der Waals surface area contributed by atoms with Gasteiger partial charge in [0.2, 0.25) is 5.89 Å². The lowest BCUT2D eigenvalue weighted by Crippen LogP contribution is -2.37. The quantitative estimate of drug-likeness (QED) is 0.247. The fraction of sp³-hybridized carbons (Fsp3) is 0.310. The molecule has 3 aromatic carbocycles. The molecule has 4 rings (SSSR count). The monoisotopic (exact) mass is 503 g/mol. The predicted molar refractivity (Wildman–Crippen MR) is 143 cm³/mol. The van der Waals surface area contributed by atoms with Gasteiger partial charge in [0.25, 0.3) is 0 Å². The Morgan fingerprint density at radius 3 is 2.57 bits per heavy atom. The number of hydrogen-bond donors (Lipinski definition) is 2. The summed E-state index contributed by atoms with van der Waals surface area (Å²) in [6.07, 6.45) is 0.240. The zero-order valence-electron chi connectivity index (χ0n) is 21.6. The van der Waals surface area contributed by atoms with Gasteiger partial charge in [0.05, 0.1) is 0 Å². The first-order valence-electron chi connectivity index (χ1n) is 12.2. The number of carboxylic acids is 1. The van der Waals surface area contributed by atoms with E-state index in [0.29, 0.717) is 31.2 Å². The van der Waals surface area contributed by atoms with Crippen molar-refractivity contribution in [1.82, 2.24) is 10.3 Å². The highest BCUT2D eigenvalue weighted by molar-refractivity contribution is 5.76. The van der Waals surface area contributed by atoms with E-state index in [1.54, 1.807) is 6.07 Å². The van der Waals surface area contributed by atoms with Crippen LogP contribution in [0.4, 0.5) is 5.69 Å². The zero-order chi connectivity index (χ0) is 26.4. The van der Waals surface area contributed by atoms with E-state index in [9.17, 15) is 9.90 Å². The molecular weight excluding hydrogens is 470 g/mol. The number of benzene rings is 3. The number of rotatable bonds is 12. The van der Waals surface area contributed by atoms with Gasteiger partial charge in [-0.05, 0) is 62.4 Å². The van der Waals surface area contributed by atoms with Crippen LogP contribution in [0.5, 0.6) is 11.5 Å². The summed E-state index contributed by atoms with van der Waals surface area (Å²) >= 11 is 0. The maximum absolute atomic E-state index is 11.4. The van der Waals surface area contributed by atoms with Crippen LogP contribution in [0.1, 0.15) is 37.8 Å². The Morgan fingerprint density at radius 1 is 1.05 bits per heavy atom. The van der Waals surface area contributed by atoms with Gasteiger partial charge < -0.3 is 29.2 Å². The summed E-state index contributed by atoms with van der Waals surface area (Å²) in [6, 6.07) is 23.0. The highest BCUT2D eigenvalue weighted by Gasteiger charge is 2.29. The molecule has 37 heavy (non-hydrogen) atoms. The topological polar surface area (TPSA) is 97.1 Å². The molecule has 0 bridgehead atoms. The number of para-hydroxylation sites is 2. The molecule has 1 unspecified atom stereocenters. The Balaban J connectivity index is 1.43. The molecule has 1 heterocycles. The third kappa shape index (κ3) is 6.80. The predicted octanol–water partition coefficient (Wildman–Crippen LogP) is 5.44. The van der Waals surface area contributed by atoms with Crippen molar-refractivity contribution in [2.75, 3.05) is 25.5 Å². The van der Waals surface area contributed by atoms with Crippen LogP contribution < -0.4 is 19.7 Å². The number of carbonyl (C=O) groups is 1. The SMILES string of the molecule is CN(C)c1cccc(OC(CCNCc2cccc(OC(C)(C)C(=O)O)c2)c2nc3ccccc3o2)c1. The molecule has 0 saturated heterocycles. The highest BCUT2D eigenvalue weighted by Crippen LogP contribution is 2.29. The summed E-state index contributed by atoms with van der Waals surface area (Å²) in [5, 5.41) is 12.8. The molecule has 1 atom stereocenters. The molecule has 0 radical (unpaired) electrons. The lowest BCUT2D eigenvalue weighted by molar-refractivity contribution is -0.152. The van der Waals surface area contributed by atoms with Crippen LogP contribution in [0.3, 0.4) is 0 Å². The number of aliphatic carboxylic acids is 1. The van der Waals surface area contributed by atoms with Gasteiger partial charge in [-0.25, -0.2) is 9.78 Å². The summed E-state index contributed by atoms with van der Waals surface area (Å²) in [5.74, 6) is 0.770. The summed E-state index contributed by atoms with van der Waals surface area (Å²) in [6.45, 7) is 4.28. The fourth-order valence-corrected chi connectivity index (χ4v) is 3.78. The van der Waals surface area contributed by atoms with Crippen molar-refractivity contribution < 1.29 is 23.8 Å². The number of anilines is 1. The second-order valence-corrected chi connectivity index (χ2v) is 9.55. The van der Waals surface area contributed by atoms with Gasteiger partial charge in [-0.15, -0.1) is 0 Å². The van der Waals surface area contributed by atoms with Gasteiger partial charge in [-0.3, -0.25) is 0 Å². The summed E-state index contributed by atoms with van der Waals surface area (Å²) in [4.78, 5) is 18.1. The highest BCUT2D eigenvalue weighted by atomic mass is 16.5. The van der Waals surface area contributed by atoms with Crippen LogP contribution >= 0.6 is 0 Å². The molecule has 194 valence electrons. The van der Waals surface area contributed by atoms with E-state index in [1.165, 1.54) is 13.8 Å². The molecule has 2 N–H and O–H groups in total. The number of nitrogens with zero attached hydrogens (tertiary/aromatic N) is 2. The average molecular weight is 504 g/mol. The van der Waals surface area contributed by atoms with Crippen LogP contribution in [0.25, 0.3) is 11.1 Å². The summed E-state index contributed by atoms with van der Waals surface area (Å²) < 4.78 is 18.1. The number of ether oxygens (including phenoxy) is 2. The molecule has 1 aromatic heterocycles. The van der Waals surface area contributed by atoms with Crippen LogP contribution in [-0.2, 0) is 11.3 Å². The van der Waals surface area contributed by atoms with Crippen LogP contribution in [-0.4, -0.2) is 42.3 Å². The van der Waals surface area contributed by atoms with E-state index in [-0.39, 0.29) is 6.10 Å². The minimum Gasteiger partial charge on any atom is -0.481 e. The molecule has 8 heteroatoms. The summed E-state index contributed by atoms with van der Waals surface area (Å²) in [7, 11) is 3.98. The lowest BCUT2D eigenvalue weighted by atomic mass is 10.1. The summed E-state index contributed by atoms with van der Waals surface area (Å²) in [5.41, 5.74) is 2.24. The minimum absolute atomic E-state index is 0.386. The zero-order valence-corrected chi connectivity index (χ0v) is 21.6. The number of nitrogens with one attached hydrogen (secondary N) is 1. The Bertz CT molecular complexity index is 1320. The van der Waals surface area contributed by atoms with Crippen LogP contribution in [0, 0.1) is 0 Å². The van der Waals surface area contributed by atoms with Crippen LogP contribution in [0.15, 0.2) is 77.2 Å². The van der Waals surface area contributed by atoms with Crippen molar-refractivity contribution in [1.29, 1.82) is 0 Å². The molecule has 0 fully saturated rings. The number of oxazole rings is 1. The second-order valence-electron chi connectivity index (χ2n) is 9.55. The first kappa shape index (κ1) is 26.0. The van der Waals surface area contributed by atoms with E-state index in [0.717, 1.165) is 28.1 Å². The molecule has 4 aromatic rings. The number of fused-ring (bicyclic) bond motifs is 1. The van der Waals surface area contributed by atoms with Gasteiger partial charge in [-0.2, -0.15) is 0 Å². The molecule has 0 amide bonds. The Labute approximate surface area is 216 Å². The van der Waals surface area contributed by atoms with Crippen molar-refractivity contribution in [3.05, 3.63) is 84.3 Å². The van der Waals surface area contributed by atoms with E-state index in [1.807, 2.05) is 85.7 Å². The van der Waals surface area contributed by atoms with Gasteiger partial charge in [-0.1, -0.05) is 30.3 Å². The third-order valence-electron chi connectivity index (χ3n) is 5.90. The molecule has 8 nitrogen and oxygen atoms in total. The first-order chi connectivity index (χ1) is 17.7. The van der Waals surface area contributed by atoms with E-state index < -0.39 is 11.6 Å². The Kier molecular flexibility index (Phi) is 7.98. The van der Waals surface area contributed by atoms with Crippen molar-refractivity contribution in [2.45, 2.75) is 38.5 Å². The normalized spacial score (nSPS) is 12.3. The molecule has 0 aliphatic rings. The van der Waals surface area contributed by atoms with Gasteiger partial charge in [0.15, 0.2) is 17.3 Å². The van der Waals surface area contributed by atoms with Crippen molar-refractivity contribution in [3.8, 4) is 11.5 Å². The second kappa shape index (κ2) is 11.3. The van der Waals surface area contributed by atoms with Crippen molar-refractivity contribution >= 4 is 22.8 Å². The van der Waals surface area contributed by atoms with Gasteiger partial charge in [0, 0.05) is 38.8 Å². The van der Waals surface area contributed by atoms with E-state index >= 15 is 0 Å². The molecule has 0 aliphatic heterocycles. The number of aromatic nitrogens is 1. The largest absolute Gasteiger partial charge is 0.481 e. The minimum atomic E-state index is -1.31. The molecule has 0 saturated carbocycles. The maximum Gasteiger partial charge on any atom is 0.347 e. The third-order valence-corrected chi connectivity index (χ3v) is 5.90. The smallest absolute Gasteiger partial charge is 0.347 e. The van der Waals surface area contributed by atoms with Gasteiger partial charge >= 0.3 is 5.97 Å². The van der Waals surface area contributed by atoms with Crippen LogP contribution in [0.2, 0.25) is 0 Å². The maximum atomic E-state index is 11.4. The van der Waals surface area contributed by atoms with E-state index in [2.05, 4.69) is 10.3 Å².